The second-order valence-electron chi connectivity index (χ2n) is 4.76. The molecule has 19 heavy (non-hydrogen) atoms. The molecule has 0 radical (unpaired) electrons. The number of fused-ring (bicyclic) bond motifs is 1. The Labute approximate surface area is 111 Å². The van der Waals surface area contributed by atoms with E-state index in [4.69, 9.17) is 9.84 Å². The number of carbonyl (C=O) groups is 2. The lowest BCUT2D eigenvalue weighted by molar-refractivity contribution is -0.140. The first-order valence-corrected chi connectivity index (χ1v) is 6.30. The monoisotopic (exact) mass is 263 g/mol. The van der Waals surface area contributed by atoms with Gasteiger partial charge in [0, 0.05) is 18.9 Å². The molecule has 1 heterocycles. The van der Waals surface area contributed by atoms with Crippen molar-refractivity contribution in [1.82, 2.24) is 5.32 Å². The van der Waals surface area contributed by atoms with Gasteiger partial charge in [-0.25, -0.2) is 0 Å². The first-order chi connectivity index (χ1) is 9.06. The van der Waals surface area contributed by atoms with E-state index in [9.17, 15) is 9.59 Å². The average Bonchev–Trinajstić information content (AvgIpc) is 2.82. The Balaban J connectivity index is 1.88. The maximum Gasteiger partial charge on any atom is 0.304 e. The third-order valence-electron chi connectivity index (χ3n) is 3.15. The van der Waals surface area contributed by atoms with Crippen LogP contribution in [0.1, 0.15) is 24.5 Å². The second kappa shape index (κ2) is 5.73. The van der Waals surface area contributed by atoms with E-state index in [0.717, 1.165) is 23.3 Å². The van der Waals surface area contributed by atoms with Crippen molar-refractivity contribution in [3.8, 4) is 5.75 Å². The van der Waals surface area contributed by atoms with Crippen LogP contribution in [0.2, 0.25) is 0 Å². The molecule has 0 saturated heterocycles. The van der Waals surface area contributed by atoms with Gasteiger partial charge in [-0.05, 0) is 17.2 Å². The number of carbonyl (C=O) groups excluding carboxylic acids is 1. The van der Waals surface area contributed by atoms with Crippen molar-refractivity contribution >= 4 is 11.9 Å². The summed E-state index contributed by atoms with van der Waals surface area (Å²) in [6.45, 7) is 2.73. The second-order valence-corrected chi connectivity index (χ2v) is 4.76. The van der Waals surface area contributed by atoms with Gasteiger partial charge in [0.2, 0.25) is 5.91 Å². The van der Waals surface area contributed by atoms with E-state index in [1.807, 2.05) is 18.2 Å². The number of carboxylic acid groups (broad SMARTS) is 1. The van der Waals surface area contributed by atoms with Gasteiger partial charge < -0.3 is 15.2 Å². The highest BCUT2D eigenvalue weighted by molar-refractivity contribution is 5.82. The summed E-state index contributed by atoms with van der Waals surface area (Å²) in [5, 5.41) is 11.4. The standard InChI is InChI=1S/C14H17NO4/c1-9(6-13(16)17)14(18)15-8-10-2-3-12-11(7-10)4-5-19-12/h2-3,7,9H,4-6,8H2,1H3,(H,15,18)(H,16,17). The number of benzene rings is 1. The highest BCUT2D eigenvalue weighted by Crippen LogP contribution is 2.25. The maximum atomic E-state index is 11.7. The van der Waals surface area contributed by atoms with Crippen molar-refractivity contribution in [3.63, 3.8) is 0 Å². The van der Waals surface area contributed by atoms with Gasteiger partial charge in [-0.2, -0.15) is 0 Å². The summed E-state index contributed by atoms with van der Waals surface area (Å²) in [4.78, 5) is 22.2. The molecule has 0 bridgehead atoms. The third kappa shape index (κ3) is 3.47. The predicted molar refractivity (Wildman–Crippen MR) is 68.9 cm³/mol. The summed E-state index contributed by atoms with van der Waals surface area (Å²) in [5.74, 6) is -0.805. The van der Waals surface area contributed by atoms with Gasteiger partial charge in [0.05, 0.1) is 13.0 Å². The fraction of sp³-hybridized carbons (Fsp3) is 0.429. The van der Waals surface area contributed by atoms with Crippen LogP contribution in [0.15, 0.2) is 18.2 Å². The van der Waals surface area contributed by atoms with E-state index in [0.29, 0.717) is 13.2 Å². The molecule has 2 rings (SSSR count). The Morgan fingerprint density at radius 3 is 3.00 bits per heavy atom. The summed E-state index contributed by atoms with van der Waals surface area (Å²) in [6.07, 6.45) is 0.746. The molecule has 1 aromatic carbocycles. The zero-order valence-corrected chi connectivity index (χ0v) is 10.8. The van der Waals surface area contributed by atoms with Crippen molar-refractivity contribution in [3.05, 3.63) is 29.3 Å². The molecule has 1 amide bonds. The molecule has 102 valence electrons. The van der Waals surface area contributed by atoms with Gasteiger partial charge >= 0.3 is 5.97 Å². The van der Waals surface area contributed by atoms with Gasteiger partial charge in [-0.3, -0.25) is 9.59 Å². The smallest absolute Gasteiger partial charge is 0.304 e. The van der Waals surface area contributed by atoms with Crippen LogP contribution in [0.4, 0.5) is 0 Å². The topological polar surface area (TPSA) is 75.6 Å². The maximum absolute atomic E-state index is 11.7. The van der Waals surface area contributed by atoms with Crippen LogP contribution < -0.4 is 10.1 Å². The van der Waals surface area contributed by atoms with Crippen LogP contribution >= 0.6 is 0 Å². The van der Waals surface area contributed by atoms with E-state index in [1.165, 1.54) is 0 Å². The Morgan fingerprint density at radius 2 is 2.26 bits per heavy atom. The summed E-state index contributed by atoms with van der Waals surface area (Å²) < 4.78 is 5.41. The quantitative estimate of drug-likeness (QED) is 0.840. The average molecular weight is 263 g/mol. The molecule has 0 aromatic heterocycles. The number of hydrogen-bond donors (Lipinski definition) is 2. The van der Waals surface area contributed by atoms with Crippen molar-refractivity contribution in [1.29, 1.82) is 0 Å². The van der Waals surface area contributed by atoms with Gasteiger partial charge in [0.25, 0.3) is 0 Å². The van der Waals surface area contributed by atoms with Crippen LogP contribution in [0, 0.1) is 5.92 Å². The van der Waals surface area contributed by atoms with Gasteiger partial charge in [-0.1, -0.05) is 19.1 Å². The largest absolute Gasteiger partial charge is 0.493 e. The molecule has 0 aliphatic carbocycles. The third-order valence-corrected chi connectivity index (χ3v) is 3.15. The van der Waals surface area contributed by atoms with E-state index >= 15 is 0 Å². The van der Waals surface area contributed by atoms with Gasteiger partial charge in [0.15, 0.2) is 0 Å². The molecule has 0 spiro atoms. The first-order valence-electron chi connectivity index (χ1n) is 6.30. The van der Waals surface area contributed by atoms with Crippen LogP contribution in [0.5, 0.6) is 5.75 Å². The molecule has 1 atom stereocenters. The lowest BCUT2D eigenvalue weighted by Gasteiger charge is -2.10. The van der Waals surface area contributed by atoms with Crippen molar-refractivity contribution in [2.45, 2.75) is 26.3 Å². The summed E-state index contributed by atoms with van der Waals surface area (Å²) in [5.41, 5.74) is 2.16. The minimum Gasteiger partial charge on any atom is -0.493 e. The minimum absolute atomic E-state index is 0.149. The predicted octanol–water partition coefficient (Wildman–Crippen LogP) is 1.35. The van der Waals surface area contributed by atoms with Crippen LogP contribution in [0.3, 0.4) is 0 Å². The summed E-state index contributed by atoms with van der Waals surface area (Å²) in [6, 6.07) is 5.83. The van der Waals surface area contributed by atoms with Crippen molar-refractivity contribution < 1.29 is 19.4 Å². The fourth-order valence-electron chi connectivity index (χ4n) is 2.07. The molecule has 0 fully saturated rings. The minimum atomic E-state index is -0.961. The Bertz CT molecular complexity index is 498. The highest BCUT2D eigenvalue weighted by Gasteiger charge is 2.16. The lowest BCUT2D eigenvalue weighted by Crippen LogP contribution is -2.30. The molecular formula is C14H17NO4. The molecule has 1 unspecified atom stereocenters. The SMILES string of the molecule is CC(CC(=O)O)C(=O)NCc1ccc2c(c1)CCO2. The molecule has 2 N–H and O–H groups in total. The summed E-state index contributed by atoms with van der Waals surface area (Å²) in [7, 11) is 0. The van der Waals surface area contributed by atoms with Crippen LogP contribution in [0.25, 0.3) is 0 Å². The number of rotatable bonds is 5. The number of aliphatic carboxylic acids is 1. The number of carboxylic acids is 1. The number of ether oxygens (including phenoxy) is 1. The highest BCUT2D eigenvalue weighted by atomic mass is 16.5. The number of hydrogen-bond acceptors (Lipinski definition) is 3. The molecule has 1 aromatic rings. The van der Waals surface area contributed by atoms with E-state index < -0.39 is 11.9 Å². The number of nitrogens with one attached hydrogen (secondary N) is 1. The zero-order chi connectivity index (χ0) is 13.8. The van der Waals surface area contributed by atoms with E-state index in [-0.39, 0.29) is 12.3 Å². The van der Waals surface area contributed by atoms with E-state index in [1.54, 1.807) is 6.92 Å². The lowest BCUT2D eigenvalue weighted by atomic mass is 10.1. The van der Waals surface area contributed by atoms with Crippen LogP contribution in [-0.4, -0.2) is 23.6 Å². The molecule has 1 aliphatic rings. The zero-order valence-electron chi connectivity index (χ0n) is 10.8. The Morgan fingerprint density at radius 1 is 1.47 bits per heavy atom. The molecule has 5 nitrogen and oxygen atoms in total. The summed E-state index contributed by atoms with van der Waals surface area (Å²) >= 11 is 0. The fourth-order valence-corrected chi connectivity index (χ4v) is 2.07. The van der Waals surface area contributed by atoms with Gasteiger partial charge in [-0.15, -0.1) is 0 Å². The van der Waals surface area contributed by atoms with E-state index in [2.05, 4.69) is 5.32 Å². The van der Waals surface area contributed by atoms with Gasteiger partial charge in [0.1, 0.15) is 5.75 Å². The molecule has 0 saturated carbocycles. The molecular weight excluding hydrogens is 246 g/mol. The number of amides is 1. The normalized spacial score (nSPS) is 14.4. The van der Waals surface area contributed by atoms with Crippen molar-refractivity contribution in [2.24, 2.45) is 5.92 Å². The molecule has 5 heteroatoms. The Hall–Kier alpha value is -2.04. The Kier molecular flexibility index (Phi) is 4.04. The van der Waals surface area contributed by atoms with Crippen molar-refractivity contribution in [2.75, 3.05) is 6.61 Å². The van der Waals surface area contributed by atoms with Crippen LogP contribution in [-0.2, 0) is 22.6 Å². The molecule has 1 aliphatic heterocycles. The first kappa shape index (κ1) is 13.4.